The van der Waals surface area contributed by atoms with Crippen molar-refractivity contribution >= 4 is 10.8 Å². The average Bonchev–Trinajstić information content (AvgIpc) is 2.92. The summed E-state index contributed by atoms with van der Waals surface area (Å²) in [5, 5.41) is 2.51. The first-order valence-electron chi connectivity index (χ1n) is 13.1. The summed E-state index contributed by atoms with van der Waals surface area (Å²) in [7, 11) is 3.68. The van der Waals surface area contributed by atoms with Crippen molar-refractivity contribution in [1.82, 2.24) is 9.80 Å². The first kappa shape index (κ1) is 22.6. The summed E-state index contributed by atoms with van der Waals surface area (Å²) in [5.74, 6) is 2.10. The van der Waals surface area contributed by atoms with Crippen LogP contribution >= 0.6 is 0 Å². The van der Waals surface area contributed by atoms with Crippen molar-refractivity contribution in [3.05, 3.63) is 35.4 Å². The van der Waals surface area contributed by atoms with Crippen LogP contribution in [0.5, 0.6) is 11.5 Å². The summed E-state index contributed by atoms with van der Waals surface area (Å²) in [5.41, 5.74) is 2.61. The highest BCUT2D eigenvalue weighted by molar-refractivity contribution is 5.94. The predicted molar refractivity (Wildman–Crippen MR) is 132 cm³/mol. The van der Waals surface area contributed by atoms with Crippen molar-refractivity contribution in [2.24, 2.45) is 0 Å². The molecule has 2 heterocycles. The maximum absolute atomic E-state index is 6.44. The van der Waals surface area contributed by atoms with Crippen LogP contribution in [0, 0.1) is 0 Å². The Balaban J connectivity index is 1.20. The normalized spacial score (nSPS) is 30.3. The molecule has 2 saturated carbocycles. The van der Waals surface area contributed by atoms with E-state index in [1.807, 2.05) is 14.2 Å². The summed E-state index contributed by atoms with van der Waals surface area (Å²) in [6.07, 6.45) is 10.2. The van der Waals surface area contributed by atoms with Gasteiger partial charge in [-0.3, -0.25) is 9.80 Å². The van der Waals surface area contributed by atoms with Gasteiger partial charge in [-0.15, -0.1) is 0 Å². The molecule has 0 unspecified atom stereocenters. The van der Waals surface area contributed by atoms with E-state index < -0.39 is 0 Å². The van der Waals surface area contributed by atoms with Gasteiger partial charge in [0.15, 0.2) is 0 Å². The van der Waals surface area contributed by atoms with Crippen LogP contribution in [-0.4, -0.2) is 61.8 Å². The fourth-order valence-electron chi connectivity index (χ4n) is 6.63. The molecule has 0 atom stereocenters. The van der Waals surface area contributed by atoms with Gasteiger partial charge in [0.05, 0.1) is 12.2 Å². The van der Waals surface area contributed by atoms with E-state index >= 15 is 0 Å². The molecule has 2 fully saturated rings. The van der Waals surface area contributed by atoms with Gasteiger partial charge in [-0.25, -0.2) is 0 Å². The second-order valence-corrected chi connectivity index (χ2v) is 10.6. The lowest BCUT2D eigenvalue weighted by atomic mass is 9.90. The lowest BCUT2D eigenvalue weighted by Crippen LogP contribution is -2.43. The number of hydrogen-bond donors (Lipinski definition) is 0. The van der Waals surface area contributed by atoms with E-state index in [4.69, 9.17) is 18.9 Å². The van der Waals surface area contributed by atoms with Crippen molar-refractivity contribution in [2.75, 3.05) is 27.7 Å². The Hall–Kier alpha value is -1.86. The quantitative estimate of drug-likeness (QED) is 0.628. The van der Waals surface area contributed by atoms with Crippen LogP contribution in [0.2, 0.25) is 0 Å². The van der Waals surface area contributed by atoms with Gasteiger partial charge in [-0.2, -0.15) is 0 Å². The van der Waals surface area contributed by atoms with Crippen molar-refractivity contribution in [3.8, 4) is 11.5 Å². The molecule has 2 aliphatic carbocycles. The Labute approximate surface area is 203 Å². The molecule has 0 radical (unpaired) electrons. The monoisotopic (exact) mass is 466 g/mol. The van der Waals surface area contributed by atoms with Crippen LogP contribution in [0.25, 0.3) is 10.8 Å². The van der Waals surface area contributed by atoms with Crippen molar-refractivity contribution < 1.29 is 18.9 Å². The number of nitrogens with zero attached hydrogens (tertiary/aromatic N) is 2. The second kappa shape index (κ2) is 9.65. The molecule has 0 spiro atoms. The van der Waals surface area contributed by atoms with Crippen LogP contribution in [0.4, 0.5) is 0 Å². The standard InChI is InChI=1S/C28H38N2O4/c1-31-22-8-4-20(5-9-22)29-15-19-3-12-24-25(28(19)34-18-29)13-14-27-26(24)16-30(17-33-27)21-6-10-23(32-2)11-7-21/h3,12-14,20-23H,4-11,15-18H2,1-2H3. The van der Waals surface area contributed by atoms with Crippen molar-refractivity contribution in [3.63, 3.8) is 0 Å². The molecule has 34 heavy (non-hydrogen) atoms. The van der Waals surface area contributed by atoms with E-state index in [1.165, 1.54) is 47.6 Å². The van der Waals surface area contributed by atoms with Gasteiger partial charge in [0.1, 0.15) is 25.0 Å². The lowest BCUT2D eigenvalue weighted by molar-refractivity contribution is 0.00251. The molecule has 2 aromatic carbocycles. The smallest absolute Gasteiger partial charge is 0.142 e. The fourth-order valence-corrected chi connectivity index (χ4v) is 6.63. The number of methoxy groups -OCH3 is 2. The average molecular weight is 467 g/mol. The summed E-state index contributed by atoms with van der Waals surface area (Å²) in [4.78, 5) is 5.03. The highest BCUT2D eigenvalue weighted by Gasteiger charge is 2.32. The summed E-state index contributed by atoms with van der Waals surface area (Å²) < 4.78 is 23.8. The van der Waals surface area contributed by atoms with Crippen LogP contribution in [0.1, 0.15) is 62.5 Å². The van der Waals surface area contributed by atoms with Crippen LogP contribution in [0.15, 0.2) is 24.3 Å². The topological polar surface area (TPSA) is 43.4 Å². The summed E-state index contributed by atoms with van der Waals surface area (Å²) >= 11 is 0. The Morgan fingerprint density at radius 2 is 1.26 bits per heavy atom. The van der Waals surface area contributed by atoms with E-state index in [0.717, 1.165) is 50.3 Å². The Kier molecular flexibility index (Phi) is 6.41. The molecule has 184 valence electrons. The fraction of sp³-hybridized carbons (Fsp3) is 0.643. The molecule has 0 saturated heterocycles. The molecule has 0 N–H and O–H groups in total. The second-order valence-electron chi connectivity index (χ2n) is 10.6. The molecule has 6 heteroatoms. The molecule has 0 amide bonds. The minimum absolute atomic E-state index is 0.424. The maximum atomic E-state index is 6.44. The van der Waals surface area contributed by atoms with Crippen LogP contribution in [0.3, 0.4) is 0 Å². The molecule has 6 rings (SSSR count). The van der Waals surface area contributed by atoms with Gasteiger partial charge in [0.25, 0.3) is 0 Å². The number of rotatable bonds is 4. The predicted octanol–water partition coefficient (Wildman–Crippen LogP) is 5.06. The Morgan fingerprint density at radius 3 is 1.91 bits per heavy atom. The van der Waals surface area contributed by atoms with Gasteiger partial charge in [-0.1, -0.05) is 12.1 Å². The summed E-state index contributed by atoms with van der Waals surface area (Å²) in [6, 6.07) is 10.1. The highest BCUT2D eigenvalue weighted by atomic mass is 16.5. The molecule has 0 aromatic heterocycles. The first-order chi connectivity index (χ1) is 16.7. The maximum Gasteiger partial charge on any atom is 0.142 e. The highest BCUT2D eigenvalue weighted by Crippen LogP contribution is 2.41. The first-order valence-corrected chi connectivity index (χ1v) is 13.1. The molecule has 4 aliphatic rings. The van der Waals surface area contributed by atoms with E-state index in [2.05, 4.69) is 34.1 Å². The zero-order valence-corrected chi connectivity index (χ0v) is 20.6. The van der Waals surface area contributed by atoms with E-state index in [0.29, 0.717) is 37.8 Å². The minimum atomic E-state index is 0.424. The molecule has 2 aromatic rings. The SMILES string of the molecule is COC1CCC(N2COc3c(ccc4c5c(ccc34)OCN(C3CCC(OC)CC3)C5)C2)CC1. The van der Waals surface area contributed by atoms with Crippen LogP contribution in [-0.2, 0) is 22.6 Å². The van der Waals surface area contributed by atoms with Gasteiger partial charge in [0.2, 0.25) is 0 Å². The number of hydrogen-bond acceptors (Lipinski definition) is 6. The molecule has 0 bridgehead atoms. The van der Waals surface area contributed by atoms with Gasteiger partial charge in [-0.05, 0) is 68.9 Å². The Morgan fingerprint density at radius 1 is 0.676 bits per heavy atom. The molecule has 6 nitrogen and oxygen atoms in total. The van der Waals surface area contributed by atoms with Crippen molar-refractivity contribution in [1.29, 1.82) is 0 Å². The number of ether oxygens (including phenoxy) is 4. The molecular formula is C28H38N2O4. The lowest BCUT2D eigenvalue weighted by Gasteiger charge is -2.40. The minimum Gasteiger partial charge on any atom is -0.478 e. The third-order valence-corrected chi connectivity index (χ3v) is 8.78. The summed E-state index contributed by atoms with van der Waals surface area (Å²) in [6.45, 7) is 3.28. The third-order valence-electron chi connectivity index (χ3n) is 8.78. The molecular weight excluding hydrogens is 428 g/mol. The van der Waals surface area contributed by atoms with Crippen molar-refractivity contribution in [2.45, 2.75) is 88.7 Å². The zero-order valence-electron chi connectivity index (χ0n) is 20.6. The van der Waals surface area contributed by atoms with Gasteiger partial charge < -0.3 is 18.9 Å². The zero-order chi connectivity index (χ0) is 23.1. The third kappa shape index (κ3) is 4.19. The Bertz CT molecular complexity index is 1010. The van der Waals surface area contributed by atoms with Gasteiger partial charge in [0, 0.05) is 55.9 Å². The van der Waals surface area contributed by atoms with E-state index in [-0.39, 0.29) is 0 Å². The molecule has 2 aliphatic heterocycles. The number of fused-ring (bicyclic) bond motifs is 5. The van der Waals surface area contributed by atoms with Crippen LogP contribution < -0.4 is 9.47 Å². The van der Waals surface area contributed by atoms with E-state index in [9.17, 15) is 0 Å². The largest absolute Gasteiger partial charge is 0.478 e. The number of benzene rings is 2. The van der Waals surface area contributed by atoms with E-state index in [1.54, 1.807) is 0 Å². The van der Waals surface area contributed by atoms with Gasteiger partial charge >= 0.3 is 0 Å².